The number of nitrogens with zero attached hydrogens (tertiary/aromatic N) is 3. The van der Waals surface area contributed by atoms with Gasteiger partial charge < -0.3 is 5.32 Å². The largest absolute Gasteiger partial charge is 0.315 e. The van der Waals surface area contributed by atoms with Crippen molar-refractivity contribution in [3.63, 3.8) is 0 Å². The Morgan fingerprint density at radius 2 is 1.88 bits per heavy atom. The summed E-state index contributed by atoms with van der Waals surface area (Å²) in [6, 6.07) is 0.401. The molecular weight excluding hydrogens is 212 g/mol. The first-order valence-corrected chi connectivity index (χ1v) is 6.78. The number of nitrogens with one attached hydrogen (secondary N) is 1. The van der Waals surface area contributed by atoms with Crippen LogP contribution in [-0.4, -0.2) is 27.9 Å². The number of rotatable bonds is 7. The Balaban J connectivity index is 2.95. The summed E-state index contributed by atoms with van der Waals surface area (Å²) >= 11 is 0. The Morgan fingerprint density at radius 1 is 1.18 bits per heavy atom. The van der Waals surface area contributed by atoms with Crippen LogP contribution in [0.2, 0.25) is 0 Å². The van der Waals surface area contributed by atoms with Crippen LogP contribution in [0.1, 0.15) is 52.3 Å². The molecule has 4 nitrogen and oxygen atoms in total. The van der Waals surface area contributed by atoms with E-state index in [1.54, 1.807) is 0 Å². The molecule has 17 heavy (non-hydrogen) atoms. The molecule has 0 aromatic carbocycles. The summed E-state index contributed by atoms with van der Waals surface area (Å²) in [6.07, 6.45) is 1.86. The molecule has 1 unspecified atom stereocenters. The van der Waals surface area contributed by atoms with Crippen LogP contribution < -0.4 is 5.32 Å². The van der Waals surface area contributed by atoms with Crippen molar-refractivity contribution in [2.24, 2.45) is 5.92 Å². The Morgan fingerprint density at radius 3 is 2.35 bits per heavy atom. The van der Waals surface area contributed by atoms with Crippen LogP contribution in [0.15, 0.2) is 0 Å². The summed E-state index contributed by atoms with van der Waals surface area (Å²) in [4.78, 5) is 4.58. The van der Waals surface area contributed by atoms with Gasteiger partial charge in [0, 0.05) is 19.4 Å². The van der Waals surface area contributed by atoms with Gasteiger partial charge in [-0.1, -0.05) is 34.6 Å². The zero-order valence-corrected chi connectivity index (χ0v) is 11.8. The van der Waals surface area contributed by atoms with Crippen molar-refractivity contribution in [2.45, 2.75) is 53.5 Å². The molecule has 0 saturated heterocycles. The fraction of sp³-hybridized carbons (Fsp3) is 0.846. The predicted molar refractivity (Wildman–Crippen MR) is 71.2 cm³/mol. The normalized spacial score (nSPS) is 13.3. The molecule has 4 heteroatoms. The first-order valence-electron chi connectivity index (χ1n) is 6.78. The maximum absolute atomic E-state index is 4.64. The molecule has 0 bridgehead atoms. The van der Waals surface area contributed by atoms with Crippen LogP contribution >= 0.6 is 0 Å². The highest BCUT2D eigenvalue weighted by atomic mass is 15.4. The SMILES string of the molecule is CCNCC(C(C)C)n1nc(CC)nc1CC. The highest BCUT2D eigenvalue weighted by Crippen LogP contribution is 2.18. The molecule has 0 radical (unpaired) electrons. The maximum Gasteiger partial charge on any atom is 0.150 e. The molecule has 1 N–H and O–H groups in total. The van der Waals surface area contributed by atoms with E-state index in [1.165, 1.54) is 0 Å². The molecule has 0 amide bonds. The molecule has 0 spiro atoms. The van der Waals surface area contributed by atoms with Gasteiger partial charge in [-0.3, -0.25) is 0 Å². The summed E-state index contributed by atoms with van der Waals surface area (Å²) in [6.45, 7) is 12.8. The fourth-order valence-electron chi connectivity index (χ4n) is 1.96. The minimum absolute atomic E-state index is 0.401. The molecule has 0 aliphatic carbocycles. The number of aromatic nitrogens is 3. The summed E-state index contributed by atoms with van der Waals surface area (Å²) in [5.41, 5.74) is 0. The van der Waals surface area contributed by atoms with E-state index in [0.29, 0.717) is 12.0 Å². The van der Waals surface area contributed by atoms with E-state index in [2.05, 4.69) is 54.7 Å². The van der Waals surface area contributed by atoms with Crippen LogP contribution in [0.3, 0.4) is 0 Å². The van der Waals surface area contributed by atoms with E-state index in [1.807, 2.05) is 0 Å². The fourth-order valence-corrected chi connectivity index (χ4v) is 1.96. The third-order valence-corrected chi connectivity index (χ3v) is 3.07. The summed E-state index contributed by atoms with van der Waals surface area (Å²) in [5.74, 6) is 2.63. The molecule has 0 fully saturated rings. The van der Waals surface area contributed by atoms with Crippen LogP contribution in [0.5, 0.6) is 0 Å². The minimum atomic E-state index is 0.401. The van der Waals surface area contributed by atoms with E-state index in [-0.39, 0.29) is 0 Å². The zero-order chi connectivity index (χ0) is 12.8. The van der Waals surface area contributed by atoms with Crippen LogP contribution in [0, 0.1) is 5.92 Å². The van der Waals surface area contributed by atoms with Crippen molar-refractivity contribution in [1.82, 2.24) is 20.1 Å². The Labute approximate surface area is 105 Å². The van der Waals surface area contributed by atoms with Crippen molar-refractivity contribution >= 4 is 0 Å². The topological polar surface area (TPSA) is 42.7 Å². The lowest BCUT2D eigenvalue weighted by molar-refractivity contribution is 0.322. The van der Waals surface area contributed by atoms with Gasteiger partial charge >= 0.3 is 0 Å². The molecule has 0 aliphatic heterocycles. The number of likely N-dealkylation sites (N-methyl/N-ethyl adjacent to an activating group) is 1. The van der Waals surface area contributed by atoms with E-state index in [9.17, 15) is 0 Å². The minimum Gasteiger partial charge on any atom is -0.315 e. The van der Waals surface area contributed by atoms with Crippen molar-refractivity contribution < 1.29 is 0 Å². The van der Waals surface area contributed by atoms with Gasteiger partial charge in [-0.25, -0.2) is 9.67 Å². The van der Waals surface area contributed by atoms with Crippen LogP contribution in [-0.2, 0) is 12.8 Å². The quantitative estimate of drug-likeness (QED) is 0.792. The van der Waals surface area contributed by atoms with Crippen LogP contribution in [0.25, 0.3) is 0 Å². The molecule has 1 heterocycles. The van der Waals surface area contributed by atoms with Gasteiger partial charge in [-0.05, 0) is 12.5 Å². The van der Waals surface area contributed by atoms with E-state index < -0.39 is 0 Å². The highest BCUT2D eigenvalue weighted by Gasteiger charge is 2.20. The predicted octanol–water partition coefficient (Wildman–Crippen LogP) is 2.21. The maximum atomic E-state index is 4.64. The second-order valence-electron chi connectivity index (χ2n) is 4.71. The Hall–Kier alpha value is -0.900. The summed E-state index contributed by atoms with van der Waals surface area (Å²) in [5, 5.41) is 8.06. The third-order valence-electron chi connectivity index (χ3n) is 3.07. The number of hydrogen-bond acceptors (Lipinski definition) is 3. The average molecular weight is 238 g/mol. The number of hydrogen-bond donors (Lipinski definition) is 1. The van der Waals surface area contributed by atoms with Crippen LogP contribution in [0.4, 0.5) is 0 Å². The third kappa shape index (κ3) is 3.53. The first-order chi connectivity index (χ1) is 8.13. The average Bonchev–Trinajstić information content (AvgIpc) is 2.72. The van der Waals surface area contributed by atoms with Crippen molar-refractivity contribution in [3.8, 4) is 0 Å². The molecule has 1 aromatic heterocycles. The molecule has 1 rings (SSSR count). The van der Waals surface area contributed by atoms with Gasteiger partial charge in [-0.15, -0.1) is 0 Å². The van der Waals surface area contributed by atoms with Gasteiger partial charge in [-0.2, -0.15) is 5.10 Å². The standard InChI is InChI=1S/C13H26N4/c1-6-12-15-13(7-2)17(16-12)11(10(4)5)9-14-8-3/h10-11,14H,6-9H2,1-5H3. The smallest absolute Gasteiger partial charge is 0.150 e. The lowest BCUT2D eigenvalue weighted by atomic mass is 10.0. The van der Waals surface area contributed by atoms with Crippen molar-refractivity contribution in [3.05, 3.63) is 11.6 Å². The van der Waals surface area contributed by atoms with Gasteiger partial charge in [0.1, 0.15) is 5.82 Å². The molecular formula is C13H26N4. The number of aryl methyl sites for hydroxylation is 2. The second-order valence-corrected chi connectivity index (χ2v) is 4.71. The zero-order valence-electron chi connectivity index (χ0n) is 11.8. The van der Waals surface area contributed by atoms with Gasteiger partial charge in [0.15, 0.2) is 5.82 Å². The lowest BCUT2D eigenvalue weighted by Gasteiger charge is -2.22. The van der Waals surface area contributed by atoms with E-state index in [4.69, 9.17) is 0 Å². The van der Waals surface area contributed by atoms with Crippen molar-refractivity contribution in [2.75, 3.05) is 13.1 Å². The Bertz CT molecular complexity index is 330. The molecule has 0 saturated carbocycles. The Kier molecular flexibility index (Phi) is 5.62. The summed E-state index contributed by atoms with van der Waals surface area (Å²) in [7, 11) is 0. The summed E-state index contributed by atoms with van der Waals surface area (Å²) < 4.78 is 2.13. The second kappa shape index (κ2) is 6.74. The molecule has 98 valence electrons. The van der Waals surface area contributed by atoms with Gasteiger partial charge in [0.25, 0.3) is 0 Å². The van der Waals surface area contributed by atoms with E-state index in [0.717, 1.165) is 37.6 Å². The van der Waals surface area contributed by atoms with E-state index >= 15 is 0 Å². The monoisotopic (exact) mass is 238 g/mol. The van der Waals surface area contributed by atoms with Gasteiger partial charge in [0.05, 0.1) is 6.04 Å². The lowest BCUT2D eigenvalue weighted by Crippen LogP contribution is -2.30. The molecule has 1 aromatic rings. The van der Waals surface area contributed by atoms with Gasteiger partial charge in [0.2, 0.25) is 0 Å². The van der Waals surface area contributed by atoms with Crippen molar-refractivity contribution in [1.29, 1.82) is 0 Å². The first kappa shape index (κ1) is 14.2. The highest BCUT2D eigenvalue weighted by molar-refractivity contribution is 4.95. The molecule has 1 atom stereocenters. The molecule has 0 aliphatic rings.